The first kappa shape index (κ1) is 11.2. The fourth-order valence-corrected chi connectivity index (χ4v) is 1.88. The number of nitrogen functional groups attached to an aromatic ring is 1. The largest absolute Gasteiger partial charge is 0.398 e. The van der Waals surface area contributed by atoms with Gasteiger partial charge in [-0.3, -0.25) is 0 Å². The average molecular weight is 256 g/mol. The van der Waals surface area contributed by atoms with Crippen molar-refractivity contribution >= 4 is 28.9 Å². The first-order valence-electron chi connectivity index (χ1n) is 4.58. The number of rotatable bonds is 1. The number of hydrogen-bond acceptors (Lipinski definition) is 1. The highest BCUT2D eigenvalue weighted by Crippen LogP contribution is 2.31. The Bertz CT molecular complexity index is 541. The maximum atomic E-state index is 12.9. The molecule has 0 spiro atoms. The molecule has 0 aliphatic carbocycles. The Hall–Kier alpha value is -1.25. The maximum Gasteiger partial charge on any atom is 0.124 e. The van der Waals surface area contributed by atoms with Gasteiger partial charge >= 0.3 is 0 Å². The molecule has 16 heavy (non-hydrogen) atoms. The summed E-state index contributed by atoms with van der Waals surface area (Å²) in [6.45, 7) is 0. The molecular weight excluding hydrogens is 248 g/mol. The van der Waals surface area contributed by atoms with E-state index in [1.807, 2.05) is 0 Å². The van der Waals surface area contributed by atoms with Gasteiger partial charge in [-0.1, -0.05) is 29.3 Å². The molecule has 0 aliphatic heterocycles. The van der Waals surface area contributed by atoms with E-state index in [2.05, 4.69) is 0 Å². The minimum Gasteiger partial charge on any atom is -0.398 e. The van der Waals surface area contributed by atoms with E-state index in [0.717, 1.165) is 11.1 Å². The van der Waals surface area contributed by atoms with E-state index in [9.17, 15) is 4.39 Å². The molecular formula is C12H8Cl2FN. The Morgan fingerprint density at radius 1 is 0.938 bits per heavy atom. The van der Waals surface area contributed by atoms with Crippen molar-refractivity contribution in [2.75, 3.05) is 5.73 Å². The van der Waals surface area contributed by atoms with Crippen LogP contribution in [0.3, 0.4) is 0 Å². The predicted molar refractivity (Wildman–Crippen MR) is 66.3 cm³/mol. The molecule has 0 aromatic heterocycles. The summed E-state index contributed by atoms with van der Waals surface area (Å²) in [7, 11) is 0. The van der Waals surface area contributed by atoms with Crippen molar-refractivity contribution in [3.63, 3.8) is 0 Å². The zero-order valence-electron chi connectivity index (χ0n) is 8.18. The van der Waals surface area contributed by atoms with Crippen LogP contribution in [0, 0.1) is 5.82 Å². The van der Waals surface area contributed by atoms with E-state index >= 15 is 0 Å². The minimum atomic E-state index is -0.365. The van der Waals surface area contributed by atoms with Gasteiger partial charge in [0.15, 0.2) is 0 Å². The Morgan fingerprint density at radius 2 is 1.69 bits per heavy atom. The molecule has 0 heterocycles. The van der Waals surface area contributed by atoms with E-state index in [-0.39, 0.29) is 5.82 Å². The highest BCUT2D eigenvalue weighted by Gasteiger charge is 2.06. The van der Waals surface area contributed by atoms with E-state index in [4.69, 9.17) is 28.9 Å². The van der Waals surface area contributed by atoms with Crippen LogP contribution in [0.15, 0.2) is 36.4 Å². The third-order valence-corrected chi connectivity index (χ3v) is 2.88. The fourth-order valence-electron chi connectivity index (χ4n) is 1.42. The minimum absolute atomic E-state index is 0.348. The molecule has 0 aliphatic rings. The summed E-state index contributed by atoms with van der Waals surface area (Å²) in [4.78, 5) is 0. The van der Waals surface area contributed by atoms with Crippen molar-refractivity contribution < 1.29 is 4.39 Å². The van der Waals surface area contributed by atoms with E-state index < -0.39 is 0 Å². The van der Waals surface area contributed by atoms with Crippen molar-refractivity contribution in [3.8, 4) is 11.1 Å². The summed E-state index contributed by atoms with van der Waals surface area (Å²) in [5.74, 6) is -0.365. The third kappa shape index (κ3) is 2.13. The summed E-state index contributed by atoms with van der Waals surface area (Å²) in [6.07, 6.45) is 0. The van der Waals surface area contributed by atoms with Crippen LogP contribution in [0.1, 0.15) is 0 Å². The molecule has 0 bridgehead atoms. The maximum absolute atomic E-state index is 12.9. The van der Waals surface area contributed by atoms with Crippen LogP contribution in [0.4, 0.5) is 10.1 Å². The zero-order valence-corrected chi connectivity index (χ0v) is 9.69. The lowest BCUT2D eigenvalue weighted by Gasteiger charge is -2.06. The van der Waals surface area contributed by atoms with E-state index in [1.165, 1.54) is 12.1 Å². The summed E-state index contributed by atoms with van der Waals surface area (Å²) in [5.41, 5.74) is 7.64. The van der Waals surface area contributed by atoms with Crippen molar-refractivity contribution in [2.45, 2.75) is 0 Å². The van der Waals surface area contributed by atoms with Gasteiger partial charge in [-0.15, -0.1) is 0 Å². The summed E-state index contributed by atoms with van der Waals surface area (Å²) in [5, 5.41) is 0.804. The van der Waals surface area contributed by atoms with Gasteiger partial charge < -0.3 is 5.73 Å². The predicted octanol–water partition coefficient (Wildman–Crippen LogP) is 4.38. The summed E-state index contributed by atoms with van der Waals surface area (Å²) >= 11 is 11.8. The topological polar surface area (TPSA) is 26.0 Å². The molecule has 0 saturated heterocycles. The van der Waals surface area contributed by atoms with Crippen LogP contribution >= 0.6 is 23.2 Å². The Kier molecular flexibility index (Phi) is 3.03. The molecule has 4 heteroatoms. The molecule has 0 atom stereocenters. The van der Waals surface area contributed by atoms with Crippen LogP contribution < -0.4 is 5.73 Å². The van der Waals surface area contributed by atoms with Crippen molar-refractivity contribution in [1.29, 1.82) is 0 Å². The molecule has 0 radical (unpaired) electrons. The Balaban J connectivity index is 2.54. The smallest absolute Gasteiger partial charge is 0.124 e. The Labute approximate surface area is 103 Å². The summed E-state index contributed by atoms with van der Waals surface area (Å²) < 4.78 is 12.9. The molecule has 82 valence electrons. The van der Waals surface area contributed by atoms with E-state index in [0.29, 0.717) is 15.7 Å². The van der Waals surface area contributed by atoms with Crippen molar-refractivity contribution in [1.82, 2.24) is 0 Å². The van der Waals surface area contributed by atoms with Gasteiger partial charge in [0.25, 0.3) is 0 Å². The van der Waals surface area contributed by atoms with Gasteiger partial charge in [0, 0.05) is 5.56 Å². The van der Waals surface area contributed by atoms with E-state index in [1.54, 1.807) is 24.3 Å². The lowest BCUT2D eigenvalue weighted by Crippen LogP contribution is -1.87. The highest BCUT2D eigenvalue weighted by molar-refractivity contribution is 6.34. The molecule has 0 fully saturated rings. The van der Waals surface area contributed by atoms with Crippen LogP contribution in [0.25, 0.3) is 11.1 Å². The van der Waals surface area contributed by atoms with Gasteiger partial charge in [0.05, 0.1) is 15.7 Å². The molecule has 0 amide bonds. The summed E-state index contributed by atoms with van der Waals surface area (Å²) in [6, 6.07) is 9.42. The molecule has 2 rings (SSSR count). The second-order valence-electron chi connectivity index (χ2n) is 3.36. The van der Waals surface area contributed by atoms with Gasteiger partial charge in [0.1, 0.15) is 5.82 Å². The van der Waals surface area contributed by atoms with Crippen molar-refractivity contribution in [3.05, 3.63) is 52.3 Å². The Morgan fingerprint density at radius 3 is 2.31 bits per heavy atom. The SMILES string of the molecule is Nc1ccc(-c2ccc(F)cc2Cl)cc1Cl. The van der Waals surface area contributed by atoms with Crippen molar-refractivity contribution in [2.24, 2.45) is 0 Å². The van der Waals surface area contributed by atoms with Gasteiger partial charge in [0.2, 0.25) is 0 Å². The number of anilines is 1. The lowest BCUT2D eigenvalue weighted by atomic mass is 10.1. The number of hydrogen-bond donors (Lipinski definition) is 1. The molecule has 2 N–H and O–H groups in total. The normalized spacial score (nSPS) is 10.4. The van der Waals surface area contributed by atoms with Gasteiger partial charge in [-0.25, -0.2) is 4.39 Å². The van der Waals surface area contributed by atoms with Gasteiger partial charge in [-0.05, 0) is 35.9 Å². The molecule has 0 unspecified atom stereocenters. The van der Waals surface area contributed by atoms with Crippen LogP contribution in [0.5, 0.6) is 0 Å². The number of nitrogens with two attached hydrogens (primary N) is 1. The zero-order chi connectivity index (χ0) is 11.7. The fraction of sp³-hybridized carbons (Fsp3) is 0. The van der Waals surface area contributed by atoms with Gasteiger partial charge in [-0.2, -0.15) is 0 Å². The highest BCUT2D eigenvalue weighted by atomic mass is 35.5. The second kappa shape index (κ2) is 4.32. The van der Waals surface area contributed by atoms with Crippen LogP contribution in [-0.4, -0.2) is 0 Å². The molecule has 2 aromatic carbocycles. The van der Waals surface area contributed by atoms with Crippen LogP contribution in [-0.2, 0) is 0 Å². The number of halogens is 3. The lowest BCUT2D eigenvalue weighted by molar-refractivity contribution is 0.628. The average Bonchev–Trinajstić information content (AvgIpc) is 2.22. The standard InChI is InChI=1S/C12H8Cl2FN/c13-10-6-8(15)2-3-9(10)7-1-4-12(16)11(14)5-7/h1-6H,16H2. The quantitative estimate of drug-likeness (QED) is 0.752. The van der Waals surface area contributed by atoms with Crippen LogP contribution in [0.2, 0.25) is 10.0 Å². The first-order valence-corrected chi connectivity index (χ1v) is 5.34. The monoisotopic (exact) mass is 255 g/mol. The first-order chi connectivity index (χ1) is 7.58. The second-order valence-corrected chi connectivity index (χ2v) is 4.17. The number of benzene rings is 2. The molecule has 1 nitrogen and oxygen atoms in total. The molecule has 0 saturated carbocycles. The molecule has 2 aromatic rings. The third-order valence-electron chi connectivity index (χ3n) is 2.24.